The summed E-state index contributed by atoms with van der Waals surface area (Å²) in [5, 5.41) is 0. The zero-order valence-electron chi connectivity index (χ0n) is 12.7. The van der Waals surface area contributed by atoms with Gasteiger partial charge in [0.15, 0.2) is 0 Å². The van der Waals surface area contributed by atoms with E-state index >= 15 is 0 Å². The van der Waals surface area contributed by atoms with Crippen LogP contribution in [0, 0.1) is 12.7 Å². The number of benzene rings is 1. The van der Waals surface area contributed by atoms with Crippen molar-refractivity contribution in [2.45, 2.75) is 24.7 Å². The number of amides is 1. The third kappa shape index (κ3) is 2.84. The number of hydrogen-bond acceptors (Lipinski definition) is 4. The molecule has 0 saturated carbocycles. The second-order valence-corrected chi connectivity index (χ2v) is 9.47. The van der Waals surface area contributed by atoms with Crippen molar-refractivity contribution in [1.29, 1.82) is 0 Å². The summed E-state index contributed by atoms with van der Waals surface area (Å²) in [6, 6.07) is 4.25. The van der Waals surface area contributed by atoms with Crippen molar-refractivity contribution < 1.29 is 17.6 Å². The number of primary amides is 1. The van der Waals surface area contributed by atoms with Gasteiger partial charge in [-0.3, -0.25) is 9.10 Å². The first kappa shape index (κ1) is 17.4. The first-order valence-electron chi connectivity index (χ1n) is 7.12. The number of carbonyl (C=O) groups is 1. The van der Waals surface area contributed by atoms with E-state index in [0.717, 1.165) is 15.6 Å². The summed E-state index contributed by atoms with van der Waals surface area (Å²) in [7, 11) is -3.97. The monoisotopic (exact) mass is 432 g/mol. The van der Waals surface area contributed by atoms with E-state index in [1.807, 2.05) is 0 Å². The van der Waals surface area contributed by atoms with E-state index in [1.54, 1.807) is 13.0 Å². The minimum atomic E-state index is -3.97. The maximum absolute atomic E-state index is 14.5. The summed E-state index contributed by atoms with van der Waals surface area (Å²) in [6.07, 6.45) is 1.20. The van der Waals surface area contributed by atoms with E-state index in [4.69, 9.17) is 5.73 Å². The molecule has 0 spiro atoms. The van der Waals surface area contributed by atoms with Crippen LogP contribution in [0.3, 0.4) is 0 Å². The number of sulfonamides is 1. The lowest BCUT2D eigenvalue weighted by molar-refractivity contribution is 0.100. The molecule has 128 valence electrons. The Labute approximate surface area is 151 Å². The molecule has 5 nitrogen and oxygen atoms in total. The molecule has 1 amide bonds. The van der Waals surface area contributed by atoms with Crippen molar-refractivity contribution in [1.82, 2.24) is 0 Å². The molecule has 2 heterocycles. The molecule has 9 heteroatoms. The Bertz CT molecular complexity index is 940. The molecule has 0 saturated heterocycles. The van der Waals surface area contributed by atoms with Gasteiger partial charge in [-0.05, 0) is 43.5 Å². The molecule has 1 aliphatic rings. The van der Waals surface area contributed by atoms with Gasteiger partial charge in [-0.15, -0.1) is 11.3 Å². The SMILES string of the molecule is Cc1sc(C(N)=O)cc1S(=O)(=O)N1CCCc2cc(Br)cc(F)c21. The molecule has 24 heavy (non-hydrogen) atoms. The predicted octanol–water partition coefficient (Wildman–Crippen LogP) is 3.20. The van der Waals surface area contributed by atoms with Gasteiger partial charge in [0.25, 0.3) is 15.9 Å². The Morgan fingerprint density at radius 2 is 2.08 bits per heavy atom. The van der Waals surface area contributed by atoms with Crippen LogP contribution >= 0.6 is 27.3 Å². The Kier molecular flexibility index (Phi) is 4.43. The molecule has 0 fully saturated rings. The van der Waals surface area contributed by atoms with Gasteiger partial charge < -0.3 is 5.73 Å². The number of nitrogens with two attached hydrogens (primary N) is 1. The lowest BCUT2D eigenvalue weighted by Crippen LogP contribution is -2.36. The third-order valence-electron chi connectivity index (χ3n) is 3.85. The highest BCUT2D eigenvalue weighted by Gasteiger charge is 2.34. The van der Waals surface area contributed by atoms with Crippen molar-refractivity contribution in [3.8, 4) is 0 Å². The highest BCUT2D eigenvalue weighted by atomic mass is 79.9. The summed E-state index contributed by atoms with van der Waals surface area (Å²) < 4.78 is 42.2. The molecule has 0 bridgehead atoms. The van der Waals surface area contributed by atoms with Crippen LogP contribution in [0.15, 0.2) is 27.6 Å². The first-order valence-corrected chi connectivity index (χ1v) is 10.2. The smallest absolute Gasteiger partial charge is 0.265 e. The van der Waals surface area contributed by atoms with E-state index in [-0.39, 0.29) is 22.0 Å². The van der Waals surface area contributed by atoms with Gasteiger partial charge in [0.2, 0.25) is 0 Å². The van der Waals surface area contributed by atoms with E-state index in [9.17, 15) is 17.6 Å². The van der Waals surface area contributed by atoms with Crippen molar-refractivity contribution in [3.05, 3.63) is 43.8 Å². The van der Waals surface area contributed by atoms with Crippen molar-refractivity contribution in [3.63, 3.8) is 0 Å². The molecule has 1 aliphatic heterocycles. The number of halogens is 2. The highest BCUT2D eigenvalue weighted by molar-refractivity contribution is 9.10. The standard InChI is InChI=1S/C15H14BrFN2O3S2/c1-8-13(7-12(23-8)15(18)20)24(21,22)19-4-2-3-9-5-10(16)6-11(17)14(9)19/h5-7H,2-4H2,1H3,(H2,18,20). The van der Waals surface area contributed by atoms with E-state index in [2.05, 4.69) is 15.9 Å². The van der Waals surface area contributed by atoms with Crippen LogP contribution in [0.2, 0.25) is 0 Å². The Morgan fingerprint density at radius 3 is 2.71 bits per heavy atom. The third-order valence-corrected chi connectivity index (χ3v) is 7.42. The fraction of sp³-hybridized carbons (Fsp3) is 0.267. The first-order chi connectivity index (χ1) is 11.2. The van der Waals surface area contributed by atoms with Crippen molar-refractivity contribution >= 4 is 48.9 Å². The van der Waals surface area contributed by atoms with Crippen molar-refractivity contribution in [2.75, 3.05) is 10.8 Å². The zero-order valence-corrected chi connectivity index (χ0v) is 15.9. The van der Waals surface area contributed by atoms with E-state index in [0.29, 0.717) is 27.8 Å². The zero-order chi connectivity index (χ0) is 17.6. The fourth-order valence-electron chi connectivity index (χ4n) is 2.82. The minimum absolute atomic E-state index is 0.00327. The maximum Gasteiger partial charge on any atom is 0.265 e. The average Bonchev–Trinajstić information content (AvgIpc) is 2.89. The number of rotatable bonds is 3. The number of hydrogen-bond donors (Lipinski definition) is 1. The fourth-order valence-corrected chi connectivity index (χ4v) is 6.26. The van der Waals surface area contributed by atoms with Crippen LogP contribution in [-0.2, 0) is 16.4 Å². The van der Waals surface area contributed by atoms with Gasteiger partial charge >= 0.3 is 0 Å². The van der Waals surface area contributed by atoms with Crippen LogP contribution in [0.5, 0.6) is 0 Å². The van der Waals surface area contributed by atoms with E-state index in [1.165, 1.54) is 12.1 Å². The Hall–Kier alpha value is -1.45. The Balaban J connectivity index is 2.15. The molecule has 1 aromatic carbocycles. The predicted molar refractivity (Wildman–Crippen MR) is 94.5 cm³/mol. The number of thiophene rings is 1. The van der Waals surface area contributed by atoms with Crippen LogP contribution in [-0.4, -0.2) is 20.9 Å². The van der Waals surface area contributed by atoms with Crippen LogP contribution in [0.4, 0.5) is 10.1 Å². The molecule has 1 aromatic heterocycles. The largest absolute Gasteiger partial charge is 0.365 e. The lowest BCUT2D eigenvalue weighted by Gasteiger charge is -2.31. The van der Waals surface area contributed by atoms with Crippen molar-refractivity contribution in [2.24, 2.45) is 5.73 Å². The molecule has 3 rings (SSSR count). The summed E-state index contributed by atoms with van der Waals surface area (Å²) in [5.74, 6) is -1.27. The van der Waals surface area contributed by atoms with Gasteiger partial charge in [-0.2, -0.15) is 0 Å². The normalized spacial score (nSPS) is 14.5. The number of fused-ring (bicyclic) bond motifs is 1. The molecule has 0 radical (unpaired) electrons. The second kappa shape index (κ2) is 6.12. The molecule has 0 aliphatic carbocycles. The van der Waals surface area contributed by atoms with Gasteiger partial charge in [-0.1, -0.05) is 15.9 Å². The van der Waals surface area contributed by atoms with E-state index < -0.39 is 21.7 Å². The number of anilines is 1. The molecule has 0 atom stereocenters. The van der Waals surface area contributed by atoms with Gasteiger partial charge in [-0.25, -0.2) is 12.8 Å². The minimum Gasteiger partial charge on any atom is -0.365 e. The van der Waals surface area contributed by atoms with Gasteiger partial charge in [0.1, 0.15) is 10.7 Å². The summed E-state index contributed by atoms with van der Waals surface area (Å²) in [4.78, 5) is 11.9. The highest BCUT2D eigenvalue weighted by Crippen LogP contribution is 2.38. The maximum atomic E-state index is 14.5. The Morgan fingerprint density at radius 1 is 1.38 bits per heavy atom. The lowest BCUT2D eigenvalue weighted by atomic mass is 10.0. The summed E-state index contributed by atoms with van der Waals surface area (Å²) in [6.45, 7) is 1.79. The average molecular weight is 433 g/mol. The van der Waals surface area contributed by atoms with Crippen LogP contribution in [0.25, 0.3) is 0 Å². The molecular weight excluding hydrogens is 419 g/mol. The van der Waals surface area contributed by atoms with Crippen LogP contribution < -0.4 is 10.0 Å². The molecule has 2 aromatic rings. The quantitative estimate of drug-likeness (QED) is 0.808. The van der Waals surface area contributed by atoms with Gasteiger partial charge in [0, 0.05) is 15.9 Å². The van der Waals surface area contributed by atoms with Gasteiger partial charge in [0.05, 0.1) is 10.6 Å². The molecule has 0 unspecified atom stereocenters. The molecule has 2 N–H and O–H groups in total. The molecular formula is C15H14BrFN2O3S2. The number of nitrogens with zero attached hydrogens (tertiary/aromatic N) is 1. The van der Waals surface area contributed by atoms with Crippen LogP contribution in [0.1, 0.15) is 26.5 Å². The summed E-state index contributed by atoms with van der Waals surface area (Å²) >= 11 is 4.25. The summed E-state index contributed by atoms with van der Waals surface area (Å²) in [5.41, 5.74) is 5.95. The topological polar surface area (TPSA) is 80.5 Å². The number of carbonyl (C=O) groups excluding carboxylic acids is 1. The number of aryl methyl sites for hydroxylation is 2. The second-order valence-electron chi connectivity index (χ2n) is 5.47.